The predicted octanol–water partition coefficient (Wildman–Crippen LogP) is 3.67. The molecule has 1 aliphatic rings. The zero-order chi connectivity index (χ0) is 35.1. The van der Waals surface area contributed by atoms with E-state index in [0.717, 1.165) is 11.1 Å². The molecule has 0 radical (unpaired) electrons. The zero-order valence-electron chi connectivity index (χ0n) is 27.4. The number of benzene rings is 2. The van der Waals surface area contributed by atoms with Crippen LogP contribution in [0.3, 0.4) is 0 Å². The number of anilines is 1. The number of hydrogen-bond acceptors (Lipinski definition) is 11. The normalized spacial score (nSPS) is 18.4. The van der Waals surface area contributed by atoms with Crippen LogP contribution in [-0.4, -0.2) is 57.2 Å². The molecule has 3 heterocycles. The van der Waals surface area contributed by atoms with Crippen LogP contribution in [0.25, 0.3) is 11.0 Å². The molecule has 0 bridgehead atoms. The number of rotatable bonds is 15. The Hall–Kier alpha value is -4.66. The molecular weight excluding hydrogens is 653 g/mol. The summed E-state index contributed by atoms with van der Waals surface area (Å²) in [6.07, 6.45) is 1.38. The fraction of sp³-hybridized carbons (Fsp3) is 0.364. The van der Waals surface area contributed by atoms with Gasteiger partial charge in [-0.15, -0.1) is 0 Å². The summed E-state index contributed by atoms with van der Waals surface area (Å²) in [7, 11) is -4.12. The van der Waals surface area contributed by atoms with E-state index in [9.17, 15) is 18.9 Å². The molecule has 4 aromatic rings. The molecule has 1 fully saturated rings. The number of primary amides is 1. The second-order valence-corrected chi connectivity index (χ2v) is 13.6. The summed E-state index contributed by atoms with van der Waals surface area (Å²) in [5.41, 5.74) is 13.8. The Morgan fingerprint density at radius 1 is 0.939 bits per heavy atom. The van der Waals surface area contributed by atoms with Crippen molar-refractivity contribution in [3.63, 3.8) is 0 Å². The van der Waals surface area contributed by atoms with Gasteiger partial charge in [0.05, 0.1) is 23.7 Å². The molecule has 1 aliphatic heterocycles. The average Bonchev–Trinajstić information content (AvgIpc) is 3.71. The van der Waals surface area contributed by atoms with Gasteiger partial charge in [0, 0.05) is 6.20 Å². The van der Waals surface area contributed by atoms with Crippen LogP contribution >= 0.6 is 7.67 Å². The summed E-state index contributed by atoms with van der Waals surface area (Å²) in [6, 6.07) is 16.1. The standard InChI is InChI=1S/C33H40N7O8P/c1-20(32(42)45-17-23-10-6-4-7-11-23)38-49(44,39-21(2)33(43)46-18-24-12-8-5-9-13-24)47-19-25-14-15-27(48-25)40-16-26(30(35)41)28-29(34)36-22(3)37-31(28)40/h4-13,16,20-21,25,27H,14-15,17-19H2,1-3H3,(H2,35,41)(H2,34,36,37)(H2,38,39,44)/t20-,21+,25-,27+,49?/m0/s1. The molecule has 2 aromatic carbocycles. The smallest absolute Gasteiger partial charge is 0.342 e. The maximum atomic E-state index is 14.2. The summed E-state index contributed by atoms with van der Waals surface area (Å²) in [4.78, 5) is 46.6. The van der Waals surface area contributed by atoms with E-state index in [1.165, 1.54) is 20.0 Å². The van der Waals surface area contributed by atoms with Gasteiger partial charge in [-0.05, 0) is 44.7 Å². The van der Waals surface area contributed by atoms with Crippen molar-refractivity contribution < 1.29 is 37.7 Å². The molecule has 2 aromatic heterocycles. The first kappa shape index (κ1) is 35.6. The molecule has 1 saturated heterocycles. The number of amides is 1. The molecule has 49 heavy (non-hydrogen) atoms. The summed E-state index contributed by atoms with van der Waals surface area (Å²) in [5, 5.41) is 5.74. The lowest BCUT2D eigenvalue weighted by Crippen LogP contribution is -2.42. The molecular formula is C33H40N7O8P. The van der Waals surface area contributed by atoms with Crippen molar-refractivity contribution in [2.24, 2.45) is 5.73 Å². The van der Waals surface area contributed by atoms with Crippen LogP contribution < -0.4 is 21.6 Å². The van der Waals surface area contributed by atoms with E-state index in [4.69, 9.17) is 30.2 Å². The average molecular weight is 694 g/mol. The Labute approximate surface area is 283 Å². The molecule has 1 unspecified atom stereocenters. The maximum Gasteiger partial charge on any atom is 0.342 e. The first-order valence-corrected chi connectivity index (χ1v) is 17.4. The molecule has 5 rings (SSSR count). The van der Waals surface area contributed by atoms with Gasteiger partial charge in [0.15, 0.2) is 0 Å². The molecule has 5 atom stereocenters. The van der Waals surface area contributed by atoms with E-state index in [0.29, 0.717) is 29.7 Å². The number of carbonyl (C=O) groups is 3. The molecule has 15 nitrogen and oxygen atoms in total. The van der Waals surface area contributed by atoms with Gasteiger partial charge < -0.3 is 34.8 Å². The number of nitrogens with one attached hydrogen (secondary N) is 2. The monoisotopic (exact) mass is 693 g/mol. The molecule has 0 aliphatic carbocycles. The molecule has 1 amide bonds. The number of ether oxygens (including phenoxy) is 3. The second-order valence-electron chi connectivity index (χ2n) is 11.7. The van der Waals surface area contributed by atoms with Gasteiger partial charge in [-0.3, -0.25) is 18.9 Å². The lowest BCUT2D eigenvalue weighted by atomic mass is 10.2. The van der Waals surface area contributed by atoms with E-state index in [1.807, 2.05) is 60.7 Å². The van der Waals surface area contributed by atoms with Gasteiger partial charge in [0.25, 0.3) is 5.91 Å². The lowest BCUT2D eigenvalue weighted by molar-refractivity contribution is -0.147. The molecule has 6 N–H and O–H groups in total. The van der Waals surface area contributed by atoms with E-state index in [1.54, 1.807) is 11.5 Å². The number of aromatic nitrogens is 3. The summed E-state index contributed by atoms with van der Waals surface area (Å²) in [5.74, 6) is -1.51. The van der Waals surface area contributed by atoms with Crippen LogP contribution in [0, 0.1) is 6.92 Å². The highest BCUT2D eigenvalue weighted by Crippen LogP contribution is 2.41. The van der Waals surface area contributed by atoms with E-state index >= 15 is 0 Å². The Balaban J connectivity index is 1.27. The van der Waals surface area contributed by atoms with Crippen molar-refractivity contribution in [2.45, 2.75) is 71.2 Å². The highest BCUT2D eigenvalue weighted by Gasteiger charge is 2.36. The van der Waals surface area contributed by atoms with Crippen LogP contribution in [0.5, 0.6) is 0 Å². The zero-order valence-corrected chi connectivity index (χ0v) is 28.3. The topological polar surface area (TPSA) is 212 Å². The highest BCUT2D eigenvalue weighted by molar-refractivity contribution is 7.54. The van der Waals surface area contributed by atoms with Crippen LogP contribution in [0.4, 0.5) is 5.82 Å². The number of aryl methyl sites for hydroxylation is 1. The first-order chi connectivity index (χ1) is 23.4. The molecule has 260 valence electrons. The second kappa shape index (κ2) is 15.7. The fourth-order valence-electron chi connectivity index (χ4n) is 5.33. The van der Waals surface area contributed by atoms with Crippen molar-refractivity contribution >= 4 is 42.4 Å². The van der Waals surface area contributed by atoms with Gasteiger partial charge in [-0.2, -0.15) is 0 Å². The quantitative estimate of drug-likeness (QED) is 0.104. The van der Waals surface area contributed by atoms with E-state index in [-0.39, 0.29) is 31.2 Å². The van der Waals surface area contributed by atoms with Crippen molar-refractivity contribution in [1.29, 1.82) is 0 Å². The number of carbonyl (C=O) groups excluding carboxylic acids is 3. The highest BCUT2D eigenvalue weighted by atomic mass is 31.2. The van der Waals surface area contributed by atoms with Gasteiger partial charge >= 0.3 is 19.6 Å². The number of hydrogen-bond donors (Lipinski definition) is 4. The molecule has 16 heteroatoms. The third-order valence-corrected chi connectivity index (χ3v) is 9.76. The van der Waals surface area contributed by atoms with E-state index < -0.39 is 49.9 Å². The third kappa shape index (κ3) is 9.08. The summed E-state index contributed by atoms with van der Waals surface area (Å²) < 4.78 is 38.8. The lowest BCUT2D eigenvalue weighted by Gasteiger charge is -2.27. The fourth-order valence-corrected chi connectivity index (χ4v) is 7.16. The number of nitrogens with zero attached hydrogens (tertiary/aromatic N) is 3. The predicted molar refractivity (Wildman–Crippen MR) is 180 cm³/mol. The van der Waals surface area contributed by atoms with Gasteiger partial charge in [-0.25, -0.2) is 20.1 Å². The van der Waals surface area contributed by atoms with Crippen molar-refractivity contribution in [3.05, 3.63) is 89.4 Å². The Morgan fingerprint density at radius 3 is 2.02 bits per heavy atom. The third-order valence-electron chi connectivity index (χ3n) is 7.80. The minimum atomic E-state index is -4.12. The van der Waals surface area contributed by atoms with Crippen molar-refractivity contribution in [2.75, 3.05) is 12.3 Å². The molecule has 0 saturated carbocycles. The SMILES string of the molecule is Cc1nc(N)c2c(C(N)=O)cn([C@H]3CC[C@@H](COP(=O)(N[C@@H](C)C(=O)OCc4ccccc4)N[C@H](C)C(=O)OCc4ccccc4)O3)c2n1. The summed E-state index contributed by atoms with van der Waals surface area (Å²) in [6.45, 7) is 4.50. The Bertz CT molecular complexity index is 1770. The number of fused-ring (bicyclic) bond motifs is 1. The number of nitrogen functional groups attached to an aromatic ring is 1. The van der Waals surface area contributed by atoms with Gasteiger partial charge in [0.2, 0.25) is 0 Å². The van der Waals surface area contributed by atoms with Crippen LogP contribution in [-0.2, 0) is 46.1 Å². The van der Waals surface area contributed by atoms with Gasteiger partial charge in [0.1, 0.15) is 48.8 Å². The van der Waals surface area contributed by atoms with Crippen LogP contribution in [0.15, 0.2) is 66.9 Å². The number of esters is 2. The Morgan fingerprint density at radius 2 is 1.49 bits per heavy atom. The first-order valence-electron chi connectivity index (χ1n) is 15.7. The Kier molecular flexibility index (Phi) is 11.4. The van der Waals surface area contributed by atoms with E-state index in [2.05, 4.69) is 20.1 Å². The van der Waals surface area contributed by atoms with Crippen molar-refractivity contribution in [3.8, 4) is 0 Å². The largest absolute Gasteiger partial charge is 0.460 e. The number of nitrogens with two attached hydrogens (primary N) is 2. The van der Waals surface area contributed by atoms with Gasteiger partial charge in [-0.1, -0.05) is 60.7 Å². The molecule has 0 spiro atoms. The van der Waals surface area contributed by atoms with Crippen LogP contribution in [0.2, 0.25) is 0 Å². The summed E-state index contributed by atoms with van der Waals surface area (Å²) >= 11 is 0. The minimum Gasteiger partial charge on any atom is -0.460 e. The maximum absolute atomic E-state index is 14.2. The minimum absolute atomic E-state index is 0.0193. The van der Waals surface area contributed by atoms with Crippen molar-refractivity contribution in [1.82, 2.24) is 24.7 Å². The van der Waals surface area contributed by atoms with Crippen LogP contribution in [0.1, 0.15) is 60.2 Å².